The van der Waals surface area contributed by atoms with E-state index in [0.717, 1.165) is 36.4 Å². The molecule has 0 bridgehead atoms. The Hall–Kier alpha value is -2.67. The van der Waals surface area contributed by atoms with Gasteiger partial charge in [0.15, 0.2) is 0 Å². The molecule has 0 amide bonds. The van der Waals surface area contributed by atoms with Crippen LogP contribution in [0.3, 0.4) is 0 Å². The van der Waals surface area contributed by atoms with E-state index < -0.39 is 0 Å². The largest absolute Gasteiger partial charge is 0.497 e. The molecule has 3 aromatic rings. The summed E-state index contributed by atoms with van der Waals surface area (Å²) in [5, 5.41) is 11.9. The fourth-order valence-electron chi connectivity index (χ4n) is 3.58. The lowest BCUT2D eigenvalue weighted by Gasteiger charge is -2.13. The number of methoxy groups -OCH3 is 1. The Balaban J connectivity index is 1.41. The molecular formula is C20H25N5O2. The number of hydrogen-bond donors (Lipinski definition) is 1. The molecule has 0 saturated heterocycles. The smallest absolute Gasteiger partial charge is 0.241 e. The van der Waals surface area contributed by atoms with Gasteiger partial charge in [-0.1, -0.05) is 11.6 Å². The molecule has 1 aromatic carbocycles. The number of aromatic amines is 1. The number of fused-ring (bicyclic) bond motifs is 1. The van der Waals surface area contributed by atoms with Gasteiger partial charge in [0.1, 0.15) is 5.75 Å². The summed E-state index contributed by atoms with van der Waals surface area (Å²) in [6, 6.07) is 7.63. The molecule has 0 unspecified atom stereocenters. The van der Waals surface area contributed by atoms with Crippen molar-refractivity contribution in [1.82, 2.24) is 25.2 Å². The highest BCUT2D eigenvalue weighted by atomic mass is 16.5. The van der Waals surface area contributed by atoms with Crippen LogP contribution in [0, 0.1) is 0 Å². The highest BCUT2D eigenvalue weighted by molar-refractivity contribution is 5.55. The van der Waals surface area contributed by atoms with E-state index in [1.165, 1.54) is 30.5 Å². The van der Waals surface area contributed by atoms with Crippen molar-refractivity contribution in [2.45, 2.75) is 45.2 Å². The lowest BCUT2D eigenvalue weighted by atomic mass is 10.1. The lowest BCUT2D eigenvalue weighted by molar-refractivity contribution is 0.258. The van der Waals surface area contributed by atoms with Gasteiger partial charge in [0.2, 0.25) is 11.7 Å². The number of rotatable bonds is 6. The van der Waals surface area contributed by atoms with Gasteiger partial charge in [-0.2, -0.15) is 10.1 Å². The van der Waals surface area contributed by atoms with Gasteiger partial charge in [-0.3, -0.25) is 10.00 Å². The van der Waals surface area contributed by atoms with Crippen LogP contribution in [0.4, 0.5) is 0 Å². The Bertz CT molecular complexity index is 884. The molecule has 1 aliphatic rings. The van der Waals surface area contributed by atoms with Crippen molar-refractivity contribution >= 4 is 0 Å². The second-order valence-corrected chi connectivity index (χ2v) is 7.10. The van der Waals surface area contributed by atoms with Crippen LogP contribution in [-0.4, -0.2) is 39.4 Å². The average Bonchev–Trinajstić information content (AvgIpc) is 3.22. The normalized spacial score (nSPS) is 14.2. The summed E-state index contributed by atoms with van der Waals surface area (Å²) in [5.41, 5.74) is 4.77. The third kappa shape index (κ3) is 4.03. The van der Waals surface area contributed by atoms with Crippen LogP contribution in [0.15, 0.2) is 28.8 Å². The van der Waals surface area contributed by atoms with Crippen LogP contribution in [-0.2, 0) is 25.9 Å². The number of nitrogens with one attached hydrogen (secondary N) is 1. The minimum atomic E-state index is 0.588. The zero-order valence-electron chi connectivity index (χ0n) is 15.9. The zero-order valence-corrected chi connectivity index (χ0v) is 15.9. The Kier molecular flexibility index (Phi) is 5.20. The van der Waals surface area contributed by atoms with Crippen LogP contribution >= 0.6 is 0 Å². The molecule has 1 N–H and O–H groups in total. The molecule has 2 aromatic heterocycles. The average molecular weight is 367 g/mol. The Morgan fingerprint density at radius 2 is 1.93 bits per heavy atom. The van der Waals surface area contributed by atoms with E-state index in [1.54, 1.807) is 7.11 Å². The molecule has 0 aliphatic heterocycles. The van der Waals surface area contributed by atoms with Crippen molar-refractivity contribution in [3.05, 3.63) is 47.1 Å². The fraction of sp³-hybridized carbons (Fsp3) is 0.450. The minimum Gasteiger partial charge on any atom is -0.497 e. The molecule has 27 heavy (non-hydrogen) atoms. The molecule has 0 spiro atoms. The monoisotopic (exact) mass is 367 g/mol. The second-order valence-electron chi connectivity index (χ2n) is 7.10. The third-order valence-electron chi connectivity index (χ3n) is 5.03. The second kappa shape index (κ2) is 7.92. The van der Waals surface area contributed by atoms with Crippen molar-refractivity contribution in [2.24, 2.45) is 0 Å². The van der Waals surface area contributed by atoms with Crippen LogP contribution in [0.25, 0.3) is 11.4 Å². The van der Waals surface area contributed by atoms with Crippen LogP contribution in [0.2, 0.25) is 0 Å². The van der Waals surface area contributed by atoms with Crippen molar-refractivity contribution in [3.8, 4) is 17.1 Å². The molecule has 0 atom stereocenters. The molecule has 0 fully saturated rings. The third-order valence-corrected chi connectivity index (χ3v) is 5.03. The Morgan fingerprint density at radius 1 is 1.11 bits per heavy atom. The summed E-state index contributed by atoms with van der Waals surface area (Å²) in [7, 11) is 3.70. The van der Waals surface area contributed by atoms with Gasteiger partial charge in [-0.15, -0.1) is 0 Å². The predicted molar refractivity (Wildman–Crippen MR) is 101 cm³/mol. The topological polar surface area (TPSA) is 80.1 Å². The first-order valence-corrected chi connectivity index (χ1v) is 9.43. The van der Waals surface area contributed by atoms with E-state index >= 15 is 0 Å². The highest BCUT2D eigenvalue weighted by Crippen LogP contribution is 2.23. The molecular weight excluding hydrogens is 342 g/mol. The molecule has 0 radical (unpaired) electrons. The van der Waals surface area contributed by atoms with E-state index in [2.05, 4.69) is 32.3 Å². The standard InChI is InChI=1S/C20H25N5O2/c1-25(12-18-16-6-4-3-5-7-17(16)22-23-18)13-19-21-20(24-27-19)14-8-10-15(26-2)11-9-14/h8-11H,3-7,12-13H2,1-2H3,(H,22,23). The van der Waals surface area contributed by atoms with Gasteiger partial charge in [0.05, 0.1) is 19.3 Å². The first-order valence-electron chi connectivity index (χ1n) is 9.43. The van der Waals surface area contributed by atoms with E-state index in [1.807, 2.05) is 24.3 Å². The van der Waals surface area contributed by atoms with Gasteiger partial charge >= 0.3 is 0 Å². The number of nitrogens with zero attached hydrogens (tertiary/aromatic N) is 4. The van der Waals surface area contributed by atoms with Crippen molar-refractivity contribution in [2.75, 3.05) is 14.2 Å². The van der Waals surface area contributed by atoms with E-state index in [-0.39, 0.29) is 0 Å². The van der Waals surface area contributed by atoms with Crippen molar-refractivity contribution < 1.29 is 9.26 Å². The van der Waals surface area contributed by atoms with Gasteiger partial charge in [-0.05, 0) is 62.6 Å². The van der Waals surface area contributed by atoms with Crippen LogP contribution < -0.4 is 4.74 Å². The van der Waals surface area contributed by atoms with E-state index in [4.69, 9.17) is 9.26 Å². The van der Waals surface area contributed by atoms with Gasteiger partial charge in [0, 0.05) is 17.8 Å². The van der Waals surface area contributed by atoms with E-state index in [9.17, 15) is 0 Å². The minimum absolute atomic E-state index is 0.588. The Morgan fingerprint density at radius 3 is 2.74 bits per heavy atom. The molecule has 0 saturated carbocycles. The number of ether oxygens (including phenoxy) is 1. The summed E-state index contributed by atoms with van der Waals surface area (Å²) >= 11 is 0. The number of H-pyrrole nitrogens is 1. The number of hydrogen-bond acceptors (Lipinski definition) is 6. The maximum atomic E-state index is 5.44. The lowest BCUT2D eigenvalue weighted by Crippen LogP contribution is -2.18. The van der Waals surface area contributed by atoms with Crippen molar-refractivity contribution in [1.29, 1.82) is 0 Å². The Labute approximate surface area is 158 Å². The SMILES string of the molecule is COc1ccc(-c2noc(CN(C)Cc3n[nH]c4c3CCCCC4)n2)cc1. The van der Waals surface area contributed by atoms with Gasteiger partial charge in [-0.25, -0.2) is 0 Å². The summed E-state index contributed by atoms with van der Waals surface area (Å²) in [5.74, 6) is 2.00. The van der Waals surface area contributed by atoms with Crippen molar-refractivity contribution in [3.63, 3.8) is 0 Å². The van der Waals surface area contributed by atoms with Crippen LogP contribution in [0.5, 0.6) is 5.75 Å². The maximum Gasteiger partial charge on any atom is 0.241 e. The highest BCUT2D eigenvalue weighted by Gasteiger charge is 2.18. The van der Waals surface area contributed by atoms with E-state index in [0.29, 0.717) is 18.3 Å². The summed E-state index contributed by atoms with van der Waals surface area (Å²) in [4.78, 5) is 6.68. The quantitative estimate of drug-likeness (QED) is 0.673. The molecule has 1 aliphatic carbocycles. The summed E-state index contributed by atoms with van der Waals surface area (Å²) in [6.45, 7) is 1.36. The first-order chi connectivity index (χ1) is 13.2. The molecule has 142 valence electrons. The van der Waals surface area contributed by atoms with Gasteiger partial charge in [0.25, 0.3) is 0 Å². The van der Waals surface area contributed by atoms with Crippen LogP contribution in [0.1, 0.15) is 42.1 Å². The molecule has 7 nitrogen and oxygen atoms in total. The summed E-state index contributed by atoms with van der Waals surface area (Å²) < 4.78 is 10.6. The first kappa shape index (κ1) is 17.7. The number of aromatic nitrogens is 4. The zero-order chi connectivity index (χ0) is 18.6. The maximum absolute atomic E-state index is 5.44. The van der Waals surface area contributed by atoms with Gasteiger partial charge < -0.3 is 9.26 Å². The predicted octanol–water partition coefficient (Wildman–Crippen LogP) is 3.37. The summed E-state index contributed by atoms with van der Waals surface area (Å²) in [6.07, 6.45) is 6.03. The number of aryl methyl sites for hydroxylation is 1. The molecule has 2 heterocycles. The molecule has 7 heteroatoms. The molecule has 4 rings (SSSR count). The number of benzene rings is 1. The fourth-order valence-corrected chi connectivity index (χ4v) is 3.58.